The van der Waals surface area contributed by atoms with Crippen LogP contribution in [0.1, 0.15) is 32.8 Å². The minimum atomic E-state index is -1.16. The maximum absolute atomic E-state index is 12.1. The second-order valence-electron chi connectivity index (χ2n) is 6.71. The number of rotatable bonds is 1. The number of likely N-dealkylation sites (tertiary alicyclic amines) is 1. The van der Waals surface area contributed by atoms with Crippen molar-refractivity contribution in [3.63, 3.8) is 0 Å². The molecule has 1 aliphatic rings. The van der Waals surface area contributed by atoms with Gasteiger partial charge in [0, 0.05) is 18.1 Å². The molecule has 2 rings (SSSR count). The summed E-state index contributed by atoms with van der Waals surface area (Å²) in [4.78, 5) is 13.6. The molecule has 6 heteroatoms. The lowest BCUT2D eigenvalue weighted by Crippen LogP contribution is -2.59. The Kier molecular flexibility index (Phi) is 4.70. The fourth-order valence-electron chi connectivity index (χ4n) is 2.56. The molecular weight excluding hydrogens is 304 g/mol. The first kappa shape index (κ1) is 17.1. The smallest absolute Gasteiger partial charge is 0.410 e. The average molecular weight is 327 g/mol. The average Bonchev–Trinajstić information content (AvgIpc) is 2.40. The van der Waals surface area contributed by atoms with Gasteiger partial charge in [0.2, 0.25) is 0 Å². The molecule has 1 aromatic carbocycles. The molecule has 1 fully saturated rings. The van der Waals surface area contributed by atoms with Crippen molar-refractivity contribution in [3.05, 3.63) is 34.9 Å². The monoisotopic (exact) mass is 326 g/mol. The highest BCUT2D eigenvalue weighted by atomic mass is 35.5. The molecule has 1 aromatic rings. The maximum atomic E-state index is 12.1. The third kappa shape index (κ3) is 3.72. The van der Waals surface area contributed by atoms with Crippen LogP contribution >= 0.6 is 11.6 Å². The van der Waals surface area contributed by atoms with Gasteiger partial charge in [-0.15, -0.1) is 0 Å². The first-order valence-corrected chi connectivity index (χ1v) is 7.71. The number of piperidine rings is 1. The Balaban J connectivity index is 2.09. The fraction of sp³-hybridized carbons (Fsp3) is 0.562. The molecule has 22 heavy (non-hydrogen) atoms. The van der Waals surface area contributed by atoms with E-state index in [2.05, 4.69) is 0 Å². The molecule has 0 aromatic heterocycles. The molecule has 0 aliphatic carbocycles. The standard InChI is InChI=1S/C16H23ClN2O3/c1-15(2,3)22-14(20)19-9-8-16(21,13(18)10-19)11-4-6-12(17)7-5-11/h4-7,13,21H,8-10,18H2,1-3H3. The number of hydrogen-bond donors (Lipinski definition) is 2. The number of amides is 1. The molecule has 0 radical (unpaired) electrons. The van der Waals surface area contributed by atoms with Crippen LogP contribution in [-0.4, -0.2) is 40.8 Å². The van der Waals surface area contributed by atoms with Crippen LogP contribution in [0.15, 0.2) is 24.3 Å². The third-order valence-electron chi connectivity index (χ3n) is 3.79. The topological polar surface area (TPSA) is 75.8 Å². The quantitative estimate of drug-likeness (QED) is 0.831. The molecule has 122 valence electrons. The van der Waals surface area contributed by atoms with E-state index in [1.807, 2.05) is 20.8 Å². The van der Waals surface area contributed by atoms with E-state index in [1.54, 1.807) is 29.2 Å². The van der Waals surface area contributed by atoms with Gasteiger partial charge in [-0.3, -0.25) is 0 Å². The number of carbonyl (C=O) groups excluding carboxylic acids is 1. The normalized spacial score (nSPS) is 25.9. The molecule has 2 atom stereocenters. The summed E-state index contributed by atoms with van der Waals surface area (Å²) in [6.45, 7) is 6.09. The van der Waals surface area contributed by atoms with Crippen molar-refractivity contribution in [1.29, 1.82) is 0 Å². The first-order valence-electron chi connectivity index (χ1n) is 7.34. The third-order valence-corrected chi connectivity index (χ3v) is 4.04. The predicted octanol–water partition coefficient (Wildman–Crippen LogP) is 2.50. The summed E-state index contributed by atoms with van der Waals surface area (Å²) in [5.41, 5.74) is 5.14. The number of nitrogens with two attached hydrogens (primary N) is 1. The summed E-state index contributed by atoms with van der Waals surface area (Å²) in [6.07, 6.45) is -0.0456. The Morgan fingerprint density at radius 2 is 2.00 bits per heavy atom. The van der Waals surface area contributed by atoms with Crippen molar-refractivity contribution in [1.82, 2.24) is 4.90 Å². The molecular formula is C16H23ClN2O3. The predicted molar refractivity (Wildman–Crippen MR) is 85.7 cm³/mol. The van der Waals surface area contributed by atoms with Crippen LogP contribution in [0.3, 0.4) is 0 Å². The maximum Gasteiger partial charge on any atom is 0.410 e. The van der Waals surface area contributed by atoms with Crippen molar-refractivity contribution >= 4 is 17.7 Å². The summed E-state index contributed by atoms with van der Waals surface area (Å²) in [5.74, 6) is 0. The van der Waals surface area contributed by atoms with Gasteiger partial charge in [-0.05, 0) is 44.9 Å². The van der Waals surface area contributed by atoms with Crippen molar-refractivity contribution < 1.29 is 14.6 Å². The molecule has 0 spiro atoms. The molecule has 1 saturated heterocycles. The highest BCUT2D eigenvalue weighted by Crippen LogP contribution is 2.33. The highest BCUT2D eigenvalue weighted by molar-refractivity contribution is 6.30. The Morgan fingerprint density at radius 3 is 2.50 bits per heavy atom. The second-order valence-corrected chi connectivity index (χ2v) is 7.15. The lowest BCUT2D eigenvalue weighted by atomic mass is 9.81. The summed E-state index contributed by atoms with van der Waals surface area (Å²) in [7, 11) is 0. The molecule has 1 aliphatic heterocycles. The summed E-state index contributed by atoms with van der Waals surface area (Å²) in [5, 5.41) is 11.5. The fourth-order valence-corrected chi connectivity index (χ4v) is 2.69. The van der Waals surface area contributed by atoms with E-state index in [4.69, 9.17) is 22.1 Å². The van der Waals surface area contributed by atoms with E-state index in [0.717, 1.165) is 0 Å². The summed E-state index contributed by atoms with van der Waals surface area (Å²) >= 11 is 5.88. The van der Waals surface area contributed by atoms with Crippen molar-refractivity contribution in [2.24, 2.45) is 5.73 Å². The van der Waals surface area contributed by atoms with Gasteiger partial charge >= 0.3 is 6.09 Å². The first-order chi connectivity index (χ1) is 10.1. The van der Waals surface area contributed by atoms with Crippen LogP contribution in [0.2, 0.25) is 5.02 Å². The second kappa shape index (κ2) is 6.07. The van der Waals surface area contributed by atoms with Gasteiger partial charge in [-0.25, -0.2) is 4.79 Å². The number of benzene rings is 1. The van der Waals surface area contributed by atoms with E-state index in [1.165, 1.54) is 0 Å². The van der Waals surface area contributed by atoms with Crippen LogP contribution in [0.25, 0.3) is 0 Å². The van der Waals surface area contributed by atoms with Gasteiger partial charge in [0.1, 0.15) is 11.2 Å². The highest BCUT2D eigenvalue weighted by Gasteiger charge is 2.42. The van der Waals surface area contributed by atoms with E-state index in [0.29, 0.717) is 23.6 Å². The zero-order chi connectivity index (χ0) is 16.5. The minimum absolute atomic E-state index is 0.244. The molecule has 5 nitrogen and oxygen atoms in total. The summed E-state index contributed by atoms with van der Waals surface area (Å²) < 4.78 is 5.35. The van der Waals surface area contributed by atoms with Crippen LogP contribution in [0.5, 0.6) is 0 Å². The summed E-state index contributed by atoms with van der Waals surface area (Å²) in [6, 6.07) is 6.40. The number of hydrogen-bond acceptors (Lipinski definition) is 4. The lowest BCUT2D eigenvalue weighted by molar-refractivity contribution is -0.0500. The number of carbonyl (C=O) groups is 1. The van der Waals surface area contributed by atoms with Crippen LogP contribution in [0.4, 0.5) is 4.79 Å². The SMILES string of the molecule is CC(C)(C)OC(=O)N1CCC(O)(c2ccc(Cl)cc2)C(N)C1. The van der Waals surface area contributed by atoms with Gasteiger partial charge in [-0.1, -0.05) is 23.7 Å². The van der Waals surface area contributed by atoms with Gasteiger partial charge in [0.05, 0.1) is 6.04 Å². The zero-order valence-corrected chi connectivity index (χ0v) is 13.9. The Hall–Kier alpha value is -1.30. The van der Waals surface area contributed by atoms with Crippen LogP contribution < -0.4 is 5.73 Å². The van der Waals surface area contributed by atoms with Gasteiger partial charge < -0.3 is 20.5 Å². The Bertz CT molecular complexity index is 541. The number of aliphatic hydroxyl groups is 1. The Morgan fingerprint density at radius 1 is 1.41 bits per heavy atom. The Labute approximate surface area is 136 Å². The van der Waals surface area contributed by atoms with E-state index < -0.39 is 23.3 Å². The van der Waals surface area contributed by atoms with E-state index in [9.17, 15) is 9.90 Å². The van der Waals surface area contributed by atoms with Gasteiger partial charge in [0.25, 0.3) is 0 Å². The van der Waals surface area contributed by atoms with Crippen molar-refractivity contribution in [3.8, 4) is 0 Å². The van der Waals surface area contributed by atoms with Gasteiger partial charge in [-0.2, -0.15) is 0 Å². The van der Waals surface area contributed by atoms with Crippen LogP contribution in [-0.2, 0) is 10.3 Å². The zero-order valence-electron chi connectivity index (χ0n) is 13.2. The van der Waals surface area contributed by atoms with E-state index >= 15 is 0 Å². The van der Waals surface area contributed by atoms with Crippen molar-refractivity contribution in [2.75, 3.05) is 13.1 Å². The lowest BCUT2D eigenvalue weighted by Gasteiger charge is -2.43. The molecule has 1 heterocycles. The molecule has 2 unspecified atom stereocenters. The van der Waals surface area contributed by atoms with Crippen molar-refractivity contribution in [2.45, 2.75) is 44.4 Å². The largest absolute Gasteiger partial charge is 0.444 e. The van der Waals surface area contributed by atoms with Gasteiger partial charge in [0.15, 0.2) is 0 Å². The van der Waals surface area contributed by atoms with E-state index in [-0.39, 0.29) is 6.54 Å². The molecule has 3 N–H and O–H groups in total. The number of nitrogens with zero attached hydrogens (tertiary/aromatic N) is 1. The van der Waals surface area contributed by atoms with Crippen LogP contribution in [0, 0.1) is 0 Å². The molecule has 0 bridgehead atoms. The molecule has 0 saturated carbocycles. The number of halogens is 1. The molecule has 1 amide bonds. The minimum Gasteiger partial charge on any atom is -0.444 e. The number of ether oxygens (including phenoxy) is 1.